The number of amides is 1. The number of rotatable bonds is 7. The lowest BCUT2D eigenvalue weighted by Gasteiger charge is -2.17. The molecule has 3 rings (SSSR count). The molecular formula is C22H23Cl2FN4OS. The molecule has 0 atom stereocenters. The number of benzene rings is 2. The fraction of sp³-hybridized carbons (Fsp3) is 0.318. The molecule has 1 amide bonds. The number of hydrogen-bond donors (Lipinski definition) is 1. The van der Waals surface area contributed by atoms with Crippen molar-refractivity contribution in [3.8, 4) is 5.69 Å². The van der Waals surface area contributed by atoms with E-state index in [1.54, 1.807) is 30.3 Å². The first kappa shape index (κ1) is 23.6. The number of thioether (sulfide) groups is 1. The third-order valence-corrected chi connectivity index (χ3v) is 5.80. The van der Waals surface area contributed by atoms with Gasteiger partial charge in [0.2, 0.25) is 5.91 Å². The van der Waals surface area contributed by atoms with Crippen LogP contribution in [0.4, 0.5) is 4.39 Å². The van der Waals surface area contributed by atoms with Crippen molar-refractivity contribution in [1.82, 2.24) is 20.1 Å². The lowest BCUT2D eigenvalue weighted by atomic mass is 9.92. The summed E-state index contributed by atoms with van der Waals surface area (Å²) in [5.41, 5.74) is 1.49. The van der Waals surface area contributed by atoms with Crippen LogP contribution in [0.3, 0.4) is 0 Å². The molecule has 0 aliphatic rings. The van der Waals surface area contributed by atoms with Gasteiger partial charge in [-0.25, -0.2) is 4.39 Å². The molecule has 0 spiro atoms. The van der Waals surface area contributed by atoms with Crippen LogP contribution in [0.1, 0.15) is 38.6 Å². The van der Waals surface area contributed by atoms with E-state index in [4.69, 9.17) is 23.2 Å². The van der Waals surface area contributed by atoms with E-state index in [2.05, 4.69) is 15.5 Å². The Kier molecular flexibility index (Phi) is 7.62. The maximum Gasteiger partial charge on any atom is 0.220 e. The maximum atomic E-state index is 13.2. The highest BCUT2D eigenvalue weighted by Gasteiger charge is 2.20. The smallest absolute Gasteiger partial charge is 0.220 e. The summed E-state index contributed by atoms with van der Waals surface area (Å²) in [7, 11) is 0. The Morgan fingerprint density at radius 1 is 1.13 bits per heavy atom. The molecule has 2 aromatic carbocycles. The molecule has 0 saturated carbocycles. The molecule has 0 aliphatic carbocycles. The Balaban J connectivity index is 1.86. The van der Waals surface area contributed by atoms with Gasteiger partial charge in [-0.15, -0.1) is 10.2 Å². The summed E-state index contributed by atoms with van der Waals surface area (Å²) in [6.45, 7) is 6.23. The average molecular weight is 481 g/mol. The first-order valence-electron chi connectivity index (χ1n) is 9.66. The van der Waals surface area contributed by atoms with Gasteiger partial charge in [-0.05, 0) is 41.3 Å². The van der Waals surface area contributed by atoms with E-state index < -0.39 is 0 Å². The van der Waals surface area contributed by atoms with Gasteiger partial charge < -0.3 is 5.32 Å². The van der Waals surface area contributed by atoms with Crippen LogP contribution in [0.2, 0.25) is 10.0 Å². The van der Waals surface area contributed by atoms with E-state index in [1.165, 1.54) is 23.9 Å². The van der Waals surface area contributed by atoms with Crippen LogP contribution in [0.15, 0.2) is 47.6 Å². The van der Waals surface area contributed by atoms with Crippen LogP contribution in [-0.2, 0) is 17.1 Å². The Bertz CT molecular complexity index is 1060. The van der Waals surface area contributed by atoms with Gasteiger partial charge >= 0.3 is 0 Å². The van der Waals surface area contributed by atoms with Gasteiger partial charge in [-0.1, -0.05) is 67.9 Å². The van der Waals surface area contributed by atoms with Crippen LogP contribution in [0.25, 0.3) is 5.69 Å². The summed E-state index contributed by atoms with van der Waals surface area (Å²) in [6.07, 6.45) is 0.398. The van der Waals surface area contributed by atoms with Crippen molar-refractivity contribution >= 4 is 40.9 Å². The quantitative estimate of drug-likeness (QED) is 0.417. The zero-order chi connectivity index (χ0) is 22.6. The average Bonchev–Trinajstić information content (AvgIpc) is 3.07. The first-order chi connectivity index (χ1) is 14.6. The van der Waals surface area contributed by atoms with Crippen molar-refractivity contribution in [3.63, 3.8) is 0 Å². The van der Waals surface area contributed by atoms with E-state index in [0.29, 0.717) is 38.9 Å². The molecule has 0 saturated heterocycles. The fourth-order valence-electron chi connectivity index (χ4n) is 2.86. The molecule has 3 aromatic rings. The fourth-order valence-corrected chi connectivity index (χ4v) is 4.28. The van der Waals surface area contributed by atoms with E-state index in [0.717, 1.165) is 5.56 Å². The molecule has 0 aliphatic heterocycles. The second-order valence-electron chi connectivity index (χ2n) is 8.26. The van der Waals surface area contributed by atoms with Crippen molar-refractivity contribution in [3.05, 3.63) is 69.7 Å². The van der Waals surface area contributed by atoms with E-state index in [-0.39, 0.29) is 23.7 Å². The van der Waals surface area contributed by atoms with Crippen LogP contribution in [0, 0.1) is 11.2 Å². The van der Waals surface area contributed by atoms with Gasteiger partial charge in [0.25, 0.3) is 0 Å². The Morgan fingerprint density at radius 2 is 1.84 bits per heavy atom. The molecule has 0 unspecified atom stereocenters. The summed E-state index contributed by atoms with van der Waals surface area (Å²) in [4.78, 5) is 12.3. The standard InChI is InChI=1S/C22H23Cl2FN4OS/c1-22(2,3)11-20(30)26-12-19-27-28-21(31-13-14-4-7-16(25)8-5-14)29(19)18-9-6-15(23)10-17(18)24/h4-10H,11-13H2,1-3H3,(H,26,30). The minimum atomic E-state index is -0.279. The summed E-state index contributed by atoms with van der Waals surface area (Å²) >= 11 is 13.9. The highest BCUT2D eigenvalue weighted by Crippen LogP contribution is 2.31. The summed E-state index contributed by atoms with van der Waals surface area (Å²) < 4.78 is 15.0. The number of aromatic nitrogens is 3. The van der Waals surface area contributed by atoms with Crippen molar-refractivity contribution in [2.24, 2.45) is 5.41 Å². The van der Waals surface area contributed by atoms with Crippen molar-refractivity contribution in [1.29, 1.82) is 0 Å². The van der Waals surface area contributed by atoms with E-state index in [1.807, 2.05) is 25.3 Å². The Hall–Kier alpha value is -2.09. The number of nitrogens with one attached hydrogen (secondary N) is 1. The summed E-state index contributed by atoms with van der Waals surface area (Å²) in [5, 5.41) is 13.0. The van der Waals surface area contributed by atoms with Crippen LogP contribution in [-0.4, -0.2) is 20.7 Å². The summed E-state index contributed by atoms with van der Waals surface area (Å²) in [5.74, 6) is 0.774. The molecule has 0 bridgehead atoms. The van der Waals surface area contributed by atoms with E-state index in [9.17, 15) is 9.18 Å². The van der Waals surface area contributed by atoms with Crippen molar-refractivity contribution in [2.45, 2.75) is 44.6 Å². The van der Waals surface area contributed by atoms with Crippen LogP contribution >= 0.6 is 35.0 Å². The van der Waals surface area contributed by atoms with Gasteiger partial charge in [-0.2, -0.15) is 0 Å². The third kappa shape index (κ3) is 6.69. The van der Waals surface area contributed by atoms with E-state index >= 15 is 0 Å². The second kappa shape index (κ2) is 10.0. The topological polar surface area (TPSA) is 59.8 Å². The van der Waals surface area contributed by atoms with Gasteiger partial charge in [0.15, 0.2) is 11.0 Å². The molecule has 0 radical (unpaired) electrons. The second-order valence-corrected chi connectivity index (χ2v) is 10.0. The molecule has 0 fully saturated rings. The molecule has 1 aromatic heterocycles. The Labute approximate surface area is 195 Å². The zero-order valence-electron chi connectivity index (χ0n) is 17.5. The SMILES string of the molecule is CC(C)(C)CC(=O)NCc1nnc(SCc2ccc(F)cc2)n1-c1ccc(Cl)cc1Cl. The predicted octanol–water partition coefficient (Wildman–Crippen LogP) is 6.06. The van der Waals surface area contributed by atoms with Crippen molar-refractivity contribution < 1.29 is 9.18 Å². The lowest BCUT2D eigenvalue weighted by molar-refractivity contribution is -0.123. The maximum absolute atomic E-state index is 13.2. The molecule has 31 heavy (non-hydrogen) atoms. The summed E-state index contributed by atoms with van der Waals surface area (Å²) in [6, 6.07) is 11.5. The minimum absolute atomic E-state index is 0.0650. The lowest BCUT2D eigenvalue weighted by Crippen LogP contribution is -2.28. The molecule has 9 heteroatoms. The Morgan fingerprint density at radius 3 is 2.48 bits per heavy atom. The monoisotopic (exact) mass is 480 g/mol. The minimum Gasteiger partial charge on any atom is -0.349 e. The largest absolute Gasteiger partial charge is 0.349 e. The first-order valence-corrected chi connectivity index (χ1v) is 11.4. The molecule has 5 nitrogen and oxygen atoms in total. The molecule has 1 N–H and O–H groups in total. The normalized spacial score (nSPS) is 11.5. The highest BCUT2D eigenvalue weighted by atomic mass is 35.5. The number of nitrogens with zero attached hydrogens (tertiary/aromatic N) is 3. The molecular weight excluding hydrogens is 458 g/mol. The predicted molar refractivity (Wildman–Crippen MR) is 123 cm³/mol. The van der Waals surface area contributed by atoms with Crippen LogP contribution < -0.4 is 5.32 Å². The van der Waals surface area contributed by atoms with Gasteiger partial charge in [0, 0.05) is 17.2 Å². The molecule has 1 heterocycles. The molecule has 164 valence electrons. The number of carbonyl (C=O) groups is 1. The third-order valence-electron chi connectivity index (χ3n) is 4.27. The number of carbonyl (C=O) groups excluding carboxylic acids is 1. The zero-order valence-corrected chi connectivity index (χ0v) is 19.8. The number of halogens is 3. The van der Waals surface area contributed by atoms with Crippen LogP contribution in [0.5, 0.6) is 0 Å². The number of hydrogen-bond acceptors (Lipinski definition) is 4. The van der Waals surface area contributed by atoms with Gasteiger partial charge in [-0.3, -0.25) is 9.36 Å². The highest BCUT2D eigenvalue weighted by molar-refractivity contribution is 7.98. The van der Waals surface area contributed by atoms with Gasteiger partial charge in [0.1, 0.15) is 5.82 Å². The van der Waals surface area contributed by atoms with Crippen molar-refractivity contribution in [2.75, 3.05) is 0 Å². The van der Waals surface area contributed by atoms with Gasteiger partial charge in [0.05, 0.1) is 17.3 Å².